The van der Waals surface area contributed by atoms with Crippen molar-refractivity contribution in [1.82, 2.24) is 5.32 Å². The lowest BCUT2D eigenvalue weighted by molar-refractivity contribution is 0.249. The average molecular weight is 312 g/mol. The molecule has 1 aliphatic heterocycles. The minimum Gasteiger partial charge on any atom is -0.494 e. The van der Waals surface area contributed by atoms with Crippen LogP contribution in [0.25, 0.3) is 0 Å². The number of rotatable bonds is 5. The summed E-state index contributed by atoms with van der Waals surface area (Å²) in [7, 11) is -2.99. The molecule has 6 nitrogen and oxygen atoms in total. The molecule has 0 radical (unpaired) electrons. The molecule has 1 aromatic rings. The zero-order chi connectivity index (χ0) is 15.3. The lowest BCUT2D eigenvalue weighted by Gasteiger charge is -2.13. The Balaban J connectivity index is 1.88. The summed E-state index contributed by atoms with van der Waals surface area (Å²) in [5, 5.41) is 5.36. The van der Waals surface area contributed by atoms with Gasteiger partial charge in [-0.15, -0.1) is 0 Å². The van der Waals surface area contributed by atoms with Gasteiger partial charge in [-0.25, -0.2) is 13.2 Å². The van der Waals surface area contributed by atoms with E-state index in [4.69, 9.17) is 4.74 Å². The third-order valence-electron chi connectivity index (χ3n) is 3.13. The number of amides is 2. The molecular weight excluding hydrogens is 292 g/mol. The van der Waals surface area contributed by atoms with E-state index in [0.717, 1.165) is 6.42 Å². The lowest BCUT2D eigenvalue weighted by Crippen LogP contribution is -2.38. The lowest BCUT2D eigenvalue weighted by atomic mass is 10.2. The average Bonchev–Trinajstić information content (AvgIpc) is 2.75. The summed E-state index contributed by atoms with van der Waals surface area (Å²) in [4.78, 5) is 11.8. The SMILES string of the molecule is CCCOc1cccc(NC(=O)N[C@H]2CCS(=O)(=O)C2)c1. The molecule has 7 heteroatoms. The van der Waals surface area contributed by atoms with Gasteiger partial charge in [-0.3, -0.25) is 0 Å². The van der Waals surface area contributed by atoms with Gasteiger partial charge in [-0.1, -0.05) is 13.0 Å². The monoisotopic (exact) mass is 312 g/mol. The number of benzene rings is 1. The van der Waals surface area contributed by atoms with E-state index in [1.807, 2.05) is 13.0 Å². The number of sulfone groups is 1. The molecule has 116 valence electrons. The first-order valence-electron chi connectivity index (χ1n) is 6.99. The van der Waals surface area contributed by atoms with Gasteiger partial charge in [0.25, 0.3) is 0 Å². The van der Waals surface area contributed by atoms with E-state index in [2.05, 4.69) is 10.6 Å². The normalized spacial score (nSPS) is 20.0. The van der Waals surface area contributed by atoms with Crippen molar-refractivity contribution in [3.63, 3.8) is 0 Å². The minimum absolute atomic E-state index is 0.0140. The number of hydrogen-bond acceptors (Lipinski definition) is 4. The number of carbonyl (C=O) groups is 1. The van der Waals surface area contributed by atoms with Crippen LogP contribution in [-0.2, 0) is 9.84 Å². The molecule has 1 fully saturated rings. The van der Waals surface area contributed by atoms with Crippen molar-refractivity contribution in [2.45, 2.75) is 25.8 Å². The van der Waals surface area contributed by atoms with E-state index in [0.29, 0.717) is 24.5 Å². The molecule has 2 amide bonds. The summed E-state index contributed by atoms with van der Waals surface area (Å²) in [6.07, 6.45) is 1.38. The van der Waals surface area contributed by atoms with Gasteiger partial charge < -0.3 is 15.4 Å². The number of hydrogen-bond donors (Lipinski definition) is 2. The fourth-order valence-corrected chi connectivity index (χ4v) is 3.82. The van der Waals surface area contributed by atoms with Crippen LogP contribution in [0, 0.1) is 0 Å². The van der Waals surface area contributed by atoms with E-state index < -0.39 is 15.9 Å². The van der Waals surface area contributed by atoms with Crippen molar-refractivity contribution in [3.8, 4) is 5.75 Å². The molecule has 0 unspecified atom stereocenters. The van der Waals surface area contributed by atoms with Gasteiger partial charge >= 0.3 is 6.03 Å². The minimum atomic E-state index is -2.99. The molecule has 1 aliphatic rings. The molecule has 1 atom stereocenters. The molecule has 0 aliphatic carbocycles. The molecule has 0 aromatic heterocycles. The molecule has 2 N–H and O–H groups in total. The Labute approximate surface area is 124 Å². The van der Waals surface area contributed by atoms with Gasteiger partial charge in [0.05, 0.1) is 18.1 Å². The molecular formula is C14H20N2O4S. The Bertz CT molecular complexity index is 601. The maximum absolute atomic E-state index is 11.8. The van der Waals surface area contributed by atoms with E-state index in [-0.39, 0.29) is 17.5 Å². The zero-order valence-electron chi connectivity index (χ0n) is 12.0. The Morgan fingerprint density at radius 3 is 2.90 bits per heavy atom. The van der Waals surface area contributed by atoms with Crippen molar-refractivity contribution < 1.29 is 17.9 Å². The summed E-state index contributed by atoms with van der Waals surface area (Å²) in [6, 6.07) is 6.40. The van der Waals surface area contributed by atoms with Gasteiger partial charge in [0.15, 0.2) is 9.84 Å². The van der Waals surface area contributed by atoms with E-state index in [1.54, 1.807) is 18.2 Å². The second kappa shape index (κ2) is 6.80. The van der Waals surface area contributed by atoms with Crippen LogP contribution in [0.3, 0.4) is 0 Å². The molecule has 0 bridgehead atoms. The van der Waals surface area contributed by atoms with Gasteiger partial charge in [-0.05, 0) is 25.0 Å². The Morgan fingerprint density at radius 2 is 2.24 bits per heavy atom. The maximum Gasteiger partial charge on any atom is 0.319 e. The Hall–Kier alpha value is -1.76. The fourth-order valence-electron chi connectivity index (χ4n) is 2.14. The molecule has 1 heterocycles. The first kappa shape index (κ1) is 15.6. The van der Waals surface area contributed by atoms with Crippen molar-refractivity contribution in [2.75, 3.05) is 23.4 Å². The van der Waals surface area contributed by atoms with Crippen LogP contribution in [0.4, 0.5) is 10.5 Å². The van der Waals surface area contributed by atoms with Crippen molar-refractivity contribution >= 4 is 21.6 Å². The van der Waals surface area contributed by atoms with Crippen LogP contribution >= 0.6 is 0 Å². The van der Waals surface area contributed by atoms with Crippen LogP contribution in [0.5, 0.6) is 5.75 Å². The second-order valence-corrected chi connectivity index (χ2v) is 7.30. The topological polar surface area (TPSA) is 84.5 Å². The van der Waals surface area contributed by atoms with Gasteiger partial charge in [0, 0.05) is 17.8 Å². The van der Waals surface area contributed by atoms with Gasteiger partial charge in [-0.2, -0.15) is 0 Å². The highest BCUT2D eigenvalue weighted by Crippen LogP contribution is 2.18. The van der Waals surface area contributed by atoms with Gasteiger partial charge in [0.1, 0.15) is 5.75 Å². The highest BCUT2D eigenvalue weighted by atomic mass is 32.2. The quantitative estimate of drug-likeness (QED) is 0.868. The van der Waals surface area contributed by atoms with E-state index in [1.165, 1.54) is 0 Å². The summed E-state index contributed by atoms with van der Waals surface area (Å²) in [6.45, 7) is 2.64. The van der Waals surface area contributed by atoms with Gasteiger partial charge in [0.2, 0.25) is 0 Å². The number of carbonyl (C=O) groups excluding carboxylic acids is 1. The van der Waals surface area contributed by atoms with E-state index in [9.17, 15) is 13.2 Å². The van der Waals surface area contributed by atoms with Crippen molar-refractivity contribution in [2.24, 2.45) is 0 Å². The van der Waals surface area contributed by atoms with Crippen LogP contribution < -0.4 is 15.4 Å². The van der Waals surface area contributed by atoms with Crippen molar-refractivity contribution in [1.29, 1.82) is 0 Å². The first-order valence-corrected chi connectivity index (χ1v) is 8.81. The van der Waals surface area contributed by atoms with E-state index >= 15 is 0 Å². The number of nitrogens with one attached hydrogen (secondary N) is 2. The number of urea groups is 1. The van der Waals surface area contributed by atoms with Crippen LogP contribution in [0.1, 0.15) is 19.8 Å². The third-order valence-corrected chi connectivity index (χ3v) is 4.90. The predicted molar refractivity (Wildman–Crippen MR) is 81.4 cm³/mol. The summed E-state index contributed by atoms with van der Waals surface area (Å²) < 4.78 is 28.2. The number of ether oxygens (including phenoxy) is 1. The second-order valence-electron chi connectivity index (χ2n) is 5.07. The standard InChI is InChI=1S/C14H20N2O4S/c1-2-7-20-13-5-3-4-11(9-13)15-14(17)16-12-6-8-21(18,19)10-12/h3-5,9,12H,2,6-8,10H2,1H3,(H2,15,16,17)/t12-/m0/s1. The Morgan fingerprint density at radius 1 is 1.43 bits per heavy atom. The fraction of sp³-hybridized carbons (Fsp3) is 0.500. The highest BCUT2D eigenvalue weighted by Gasteiger charge is 2.28. The predicted octanol–water partition coefficient (Wildman–Crippen LogP) is 1.78. The molecule has 1 aromatic carbocycles. The molecule has 2 rings (SSSR count). The van der Waals surface area contributed by atoms with Crippen LogP contribution in [0.15, 0.2) is 24.3 Å². The summed E-state index contributed by atoms with van der Waals surface area (Å²) in [5.41, 5.74) is 0.613. The highest BCUT2D eigenvalue weighted by molar-refractivity contribution is 7.91. The Kier molecular flexibility index (Phi) is 5.06. The molecule has 21 heavy (non-hydrogen) atoms. The summed E-state index contributed by atoms with van der Waals surface area (Å²) in [5.74, 6) is 0.844. The third kappa shape index (κ3) is 4.93. The largest absolute Gasteiger partial charge is 0.494 e. The zero-order valence-corrected chi connectivity index (χ0v) is 12.8. The number of anilines is 1. The van der Waals surface area contributed by atoms with Crippen LogP contribution in [0.2, 0.25) is 0 Å². The van der Waals surface area contributed by atoms with Crippen LogP contribution in [-0.4, -0.2) is 38.6 Å². The van der Waals surface area contributed by atoms with Crippen molar-refractivity contribution in [3.05, 3.63) is 24.3 Å². The smallest absolute Gasteiger partial charge is 0.319 e. The molecule has 0 spiro atoms. The summed E-state index contributed by atoms with van der Waals surface area (Å²) >= 11 is 0. The molecule has 0 saturated carbocycles. The first-order chi connectivity index (χ1) is 9.98. The molecule has 1 saturated heterocycles. The maximum atomic E-state index is 11.8.